The van der Waals surface area contributed by atoms with Crippen molar-refractivity contribution in [1.29, 1.82) is 0 Å². The summed E-state index contributed by atoms with van der Waals surface area (Å²) in [4.78, 5) is 17.1. The average Bonchev–Trinajstić information content (AvgIpc) is 2.84. The maximum atomic E-state index is 12.1. The molecule has 1 aromatic heterocycles. The molecule has 0 radical (unpaired) electrons. The van der Waals surface area contributed by atoms with Gasteiger partial charge >= 0.3 is 0 Å². The van der Waals surface area contributed by atoms with E-state index in [2.05, 4.69) is 10.3 Å². The van der Waals surface area contributed by atoms with Gasteiger partial charge in [-0.15, -0.1) is 36.2 Å². The number of nitrogens with zero attached hydrogens (tertiary/aromatic N) is 1. The second-order valence-corrected chi connectivity index (χ2v) is 5.86. The van der Waals surface area contributed by atoms with Gasteiger partial charge in [0.1, 0.15) is 4.88 Å². The second kappa shape index (κ2) is 8.04. The molecule has 1 heterocycles. The smallest absolute Gasteiger partial charge is 0.263 e. The fourth-order valence-electron chi connectivity index (χ4n) is 2.48. The van der Waals surface area contributed by atoms with Gasteiger partial charge in [-0.1, -0.05) is 6.42 Å². The number of amides is 1. The summed E-state index contributed by atoms with van der Waals surface area (Å²) in [6.45, 7) is 4.46. The summed E-state index contributed by atoms with van der Waals surface area (Å²) >= 11 is 1.46. The summed E-state index contributed by atoms with van der Waals surface area (Å²) in [5.74, 6) is 0.451. The van der Waals surface area contributed by atoms with Gasteiger partial charge in [-0.2, -0.15) is 0 Å². The minimum absolute atomic E-state index is 0. The van der Waals surface area contributed by atoms with Crippen molar-refractivity contribution in [1.82, 2.24) is 10.3 Å². The van der Waals surface area contributed by atoms with Crippen LogP contribution in [-0.4, -0.2) is 23.5 Å². The Hall–Kier alpha value is -0.360. The number of aromatic nitrogens is 1. The summed E-state index contributed by atoms with van der Waals surface area (Å²) in [6.07, 6.45) is 3.33. The van der Waals surface area contributed by atoms with Crippen molar-refractivity contribution in [2.24, 2.45) is 11.7 Å². The van der Waals surface area contributed by atoms with E-state index in [4.69, 9.17) is 5.73 Å². The van der Waals surface area contributed by atoms with Crippen LogP contribution in [0.3, 0.4) is 0 Å². The Bertz CT molecular complexity index is 425. The number of hydrogen-bond acceptors (Lipinski definition) is 4. The Labute approximate surface area is 130 Å². The summed E-state index contributed by atoms with van der Waals surface area (Å²) in [5.41, 5.74) is 6.54. The number of halogens is 2. The van der Waals surface area contributed by atoms with Gasteiger partial charge in [-0.3, -0.25) is 4.79 Å². The minimum Gasteiger partial charge on any atom is -0.348 e. The van der Waals surface area contributed by atoms with Crippen molar-refractivity contribution in [3.63, 3.8) is 0 Å². The molecule has 19 heavy (non-hydrogen) atoms. The van der Waals surface area contributed by atoms with Crippen molar-refractivity contribution in [2.45, 2.75) is 39.2 Å². The van der Waals surface area contributed by atoms with E-state index in [1.807, 2.05) is 13.8 Å². The predicted molar refractivity (Wildman–Crippen MR) is 83.7 cm³/mol. The number of nitrogens with two attached hydrogens (primary N) is 1. The lowest BCUT2D eigenvalue weighted by molar-refractivity contribution is 0.0932. The summed E-state index contributed by atoms with van der Waals surface area (Å²) in [5, 5.41) is 4.04. The molecule has 4 nitrogen and oxygen atoms in total. The number of nitrogens with one attached hydrogen (secondary N) is 1. The molecule has 1 amide bonds. The molecule has 2 unspecified atom stereocenters. The zero-order valence-corrected chi connectivity index (χ0v) is 13.6. The molecule has 1 aromatic rings. The van der Waals surface area contributed by atoms with Crippen LogP contribution in [0.15, 0.2) is 0 Å². The quantitative estimate of drug-likeness (QED) is 0.896. The van der Waals surface area contributed by atoms with E-state index in [0.717, 1.165) is 34.8 Å². The summed E-state index contributed by atoms with van der Waals surface area (Å²) < 4.78 is 0. The summed E-state index contributed by atoms with van der Waals surface area (Å²) in [6, 6.07) is 0.245. The molecule has 1 aliphatic rings. The molecular formula is C12H21Cl2N3OS. The van der Waals surface area contributed by atoms with Crippen LogP contribution in [0.4, 0.5) is 0 Å². The first kappa shape index (κ1) is 18.6. The van der Waals surface area contributed by atoms with Crippen LogP contribution < -0.4 is 11.1 Å². The van der Waals surface area contributed by atoms with E-state index in [1.165, 1.54) is 11.3 Å². The van der Waals surface area contributed by atoms with E-state index in [1.54, 1.807) is 0 Å². The Morgan fingerprint density at radius 1 is 1.42 bits per heavy atom. The van der Waals surface area contributed by atoms with Crippen LogP contribution in [0.25, 0.3) is 0 Å². The van der Waals surface area contributed by atoms with Gasteiger partial charge in [-0.25, -0.2) is 4.98 Å². The van der Waals surface area contributed by atoms with Gasteiger partial charge in [0.15, 0.2) is 0 Å². The molecule has 2 rings (SSSR count). The highest BCUT2D eigenvalue weighted by atomic mass is 35.5. The molecule has 1 saturated carbocycles. The maximum absolute atomic E-state index is 12.1. The first-order chi connectivity index (χ1) is 8.11. The number of hydrogen-bond donors (Lipinski definition) is 2. The lowest BCUT2D eigenvalue weighted by atomic mass is 10.0. The molecular weight excluding hydrogens is 305 g/mol. The highest BCUT2D eigenvalue weighted by molar-refractivity contribution is 7.13. The number of aryl methyl sites for hydroxylation is 2. The van der Waals surface area contributed by atoms with Gasteiger partial charge in [0.2, 0.25) is 0 Å². The second-order valence-electron chi connectivity index (χ2n) is 4.65. The largest absolute Gasteiger partial charge is 0.348 e. The fraction of sp³-hybridized carbons (Fsp3) is 0.667. The average molecular weight is 326 g/mol. The van der Waals surface area contributed by atoms with E-state index >= 15 is 0 Å². The molecule has 1 aliphatic carbocycles. The first-order valence-corrected chi connectivity index (χ1v) is 6.88. The van der Waals surface area contributed by atoms with Crippen molar-refractivity contribution in [2.75, 3.05) is 6.54 Å². The predicted octanol–water partition coefficient (Wildman–Crippen LogP) is 2.46. The third kappa shape index (κ3) is 4.31. The zero-order chi connectivity index (χ0) is 12.4. The van der Waals surface area contributed by atoms with E-state index in [-0.39, 0.29) is 36.8 Å². The number of carbonyl (C=O) groups is 1. The van der Waals surface area contributed by atoms with Crippen molar-refractivity contribution < 1.29 is 4.79 Å². The molecule has 3 N–H and O–H groups in total. The van der Waals surface area contributed by atoms with Crippen molar-refractivity contribution in [3.8, 4) is 0 Å². The van der Waals surface area contributed by atoms with Crippen molar-refractivity contribution in [3.05, 3.63) is 15.6 Å². The molecule has 0 bridgehead atoms. The third-order valence-electron chi connectivity index (χ3n) is 3.39. The van der Waals surface area contributed by atoms with Gasteiger partial charge in [0.25, 0.3) is 5.91 Å². The highest BCUT2D eigenvalue weighted by Gasteiger charge is 2.28. The van der Waals surface area contributed by atoms with Gasteiger partial charge in [0, 0.05) is 6.04 Å². The SMILES string of the molecule is Cc1nc(C)c(C(=O)NC2CCCC2CN)s1.Cl.Cl. The molecule has 2 atom stereocenters. The first-order valence-electron chi connectivity index (χ1n) is 6.06. The molecule has 0 aliphatic heterocycles. The van der Waals surface area contributed by atoms with Crippen LogP contribution in [0, 0.1) is 19.8 Å². The Morgan fingerprint density at radius 2 is 2.11 bits per heavy atom. The standard InChI is InChI=1S/C12H19N3OS.2ClH/c1-7-11(17-8(2)14-7)12(16)15-10-5-3-4-9(10)6-13;;/h9-10H,3-6,13H2,1-2H3,(H,15,16);2*1H. The van der Waals surface area contributed by atoms with Crippen LogP contribution >= 0.6 is 36.2 Å². The van der Waals surface area contributed by atoms with Crippen LogP contribution in [-0.2, 0) is 0 Å². The van der Waals surface area contributed by atoms with E-state index in [0.29, 0.717) is 12.5 Å². The van der Waals surface area contributed by atoms with Crippen LogP contribution in [0.5, 0.6) is 0 Å². The lowest BCUT2D eigenvalue weighted by Crippen LogP contribution is -2.39. The molecule has 0 saturated heterocycles. The minimum atomic E-state index is 0. The molecule has 1 fully saturated rings. The zero-order valence-electron chi connectivity index (χ0n) is 11.1. The number of carbonyl (C=O) groups excluding carboxylic acids is 1. The van der Waals surface area contributed by atoms with Gasteiger partial charge in [0.05, 0.1) is 10.7 Å². The Kier molecular flexibility index (Phi) is 7.89. The molecule has 0 aromatic carbocycles. The Balaban J connectivity index is 0.00000162. The van der Waals surface area contributed by atoms with Crippen molar-refractivity contribution >= 4 is 42.1 Å². The topological polar surface area (TPSA) is 68.0 Å². The lowest BCUT2D eigenvalue weighted by Gasteiger charge is -2.19. The number of thiazole rings is 1. The van der Waals surface area contributed by atoms with Gasteiger partial charge < -0.3 is 11.1 Å². The van der Waals surface area contributed by atoms with E-state index < -0.39 is 0 Å². The highest BCUT2D eigenvalue weighted by Crippen LogP contribution is 2.25. The normalized spacial score (nSPS) is 21.4. The van der Waals surface area contributed by atoms with E-state index in [9.17, 15) is 4.79 Å². The van der Waals surface area contributed by atoms with Crippen LogP contribution in [0.2, 0.25) is 0 Å². The number of rotatable bonds is 3. The van der Waals surface area contributed by atoms with Crippen LogP contribution in [0.1, 0.15) is 39.6 Å². The molecule has 7 heteroatoms. The summed E-state index contributed by atoms with van der Waals surface area (Å²) in [7, 11) is 0. The van der Waals surface area contributed by atoms with Gasteiger partial charge in [-0.05, 0) is 39.2 Å². The molecule has 110 valence electrons. The maximum Gasteiger partial charge on any atom is 0.263 e. The Morgan fingerprint density at radius 3 is 2.63 bits per heavy atom. The monoisotopic (exact) mass is 325 g/mol. The fourth-order valence-corrected chi connectivity index (χ4v) is 3.31. The molecule has 0 spiro atoms. The third-order valence-corrected chi connectivity index (χ3v) is 4.46.